The summed E-state index contributed by atoms with van der Waals surface area (Å²) in [5, 5.41) is 6.92. The van der Waals surface area contributed by atoms with Gasteiger partial charge < -0.3 is 10.6 Å². The number of hydrogen-bond donors (Lipinski definition) is 2. The maximum Gasteiger partial charge on any atom is 0.0216 e. The van der Waals surface area contributed by atoms with E-state index in [1.807, 2.05) is 11.8 Å². The van der Waals surface area contributed by atoms with Crippen LogP contribution in [-0.2, 0) is 6.54 Å². The molecule has 96 valence electrons. The predicted molar refractivity (Wildman–Crippen MR) is 77.7 cm³/mol. The molecule has 0 unspecified atom stereocenters. The van der Waals surface area contributed by atoms with Gasteiger partial charge in [0, 0.05) is 17.5 Å². The Morgan fingerprint density at radius 3 is 2.65 bits per heavy atom. The predicted octanol–water partition coefficient (Wildman–Crippen LogP) is 2.89. The highest BCUT2D eigenvalue weighted by molar-refractivity contribution is 7.98. The van der Waals surface area contributed by atoms with Gasteiger partial charge in [-0.05, 0) is 37.4 Å². The summed E-state index contributed by atoms with van der Waals surface area (Å²) in [6, 6.07) is 9.18. The number of thioether (sulfide) groups is 1. The van der Waals surface area contributed by atoms with Gasteiger partial charge in [-0.25, -0.2) is 0 Å². The molecule has 1 aromatic carbocycles. The van der Waals surface area contributed by atoms with Gasteiger partial charge in [0.05, 0.1) is 0 Å². The lowest BCUT2D eigenvalue weighted by molar-refractivity contribution is 0.546. The van der Waals surface area contributed by atoms with E-state index in [0.29, 0.717) is 6.04 Å². The summed E-state index contributed by atoms with van der Waals surface area (Å²) in [4.78, 5) is 1.38. The number of hydrogen-bond acceptors (Lipinski definition) is 3. The first-order valence-electron chi connectivity index (χ1n) is 6.30. The second-order valence-electron chi connectivity index (χ2n) is 4.45. The topological polar surface area (TPSA) is 24.1 Å². The molecule has 2 nitrogen and oxygen atoms in total. The monoisotopic (exact) mass is 252 g/mol. The Morgan fingerprint density at radius 2 is 1.94 bits per heavy atom. The normalized spacial score (nSPS) is 11.1. The third kappa shape index (κ3) is 6.10. The van der Waals surface area contributed by atoms with Crippen molar-refractivity contribution in [3.63, 3.8) is 0 Å². The van der Waals surface area contributed by atoms with Crippen LogP contribution in [0.15, 0.2) is 29.2 Å². The summed E-state index contributed by atoms with van der Waals surface area (Å²) < 4.78 is 0. The van der Waals surface area contributed by atoms with E-state index < -0.39 is 0 Å². The van der Waals surface area contributed by atoms with Crippen molar-refractivity contribution in [2.24, 2.45) is 0 Å². The van der Waals surface area contributed by atoms with Gasteiger partial charge >= 0.3 is 0 Å². The van der Waals surface area contributed by atoms with Gasteiger partial charge in [-0.15, -0.1) is 11.8 Å². The third-order valence-electron chi connectivity index (χ3n) is 2.59. The van der Waals surface area contributed by atoms with Crippen LogP contribution >= 0.6 is 11.8 Å². The second kappa shape index (κ2) is 8.56. The molecule has 0 atom stereocenters. The minimum absolute atomic E-state index is 0.590. The van der Waals surface area contributed by atoms with Gasteiger partial charge in [0.1, 0.15) is 0 Å². The van der Waals surface area contributed by atoms with E-state index in [1.165, 1.54) is 16.9 Å². The Balaban J connectivity index is 2.17. The van der Waals surface area contributed by atoms with Crippen LogP contribution in [-0.4, -0.2) is 25.4 Å². The molecule has 3 heteroatoms. The zero-order valence-corrected chi connectivity index (χ0v) is 11.9. The standard InChI is InChI=1S/C14H24N2S/c1-12(2)16-10-6-9-15-11-13-7-4-5-8-14(13)17-3/h4-5,7-8,12,15-16H,6,9-11H2,1-3H3. The molecular formula is C14H24N2S. The first kappa shape index (κ1) is 14.6. The Kier molecular flexibility index (Phi) is 7.33. The molecule has 0 aromatic heterocycles. The van der Waals surface area contributed by atoms with Crippen molar-refractivity contribution in [2.45, 2.75) is 37.8 Å². The lowest BCUT2D eigenvalue weighted by atomic mass is 10.2. The highest BCUT2D eigenvalue weighted by Gasteiger charge is 1.99. The Bertz CT molecular complexity index is 313. The summed E-state index contributed by atoms with van der Waals surface area (Å²) in [6.45, 7) is 7.50. The van der Waals surface area contributed by atoms with Crippen LogP contribution in [0.25, 0.3) is 0 Å². The molecule has 0 fully saturated rings. The van der Waals surface area contributed by atoms with Crippen LogP contribution < -0.4 is 10.6 Å². The van der Waals surface area contributed by atoms with Crippen LogP contribution in [0.4, 0.5) is 0 Å². The van der Waals surface area contributed by atoms with Crippen molar-refractivity contribution in [3.05, 3.63) is 29.8 Å². The fourth-order valence-electron chi connectivity index (χ4n) is 1.68. The van der Waals surface area contributed by atoms with Crippen molar-refractivity contribution in [2.75, 3.05) is 19.3 Å². The maximum absolute atomic E-state index is 3.50. The first-order chi connectivity index (χ1) is 8.24. The highest BCUT2D eigenvalue weighted by Crippen LogP contribution is 2.19. The quantitative estimate of drug-likeness (QED) is 0.549. The molecule has 1 rings (SSSR count). The van der Waals surface area contributed by atoms with Crippen LogP contribution in [0.3, 0.4) is 0 Å². The summed E-state index contributed by atoms with van der Waals surface area (Å²) in [5.41, 5.74) is 1.40. The third-order valence-corrected chi connectivity index (χ3v) is 3.43. The minimum atomic E-state index is 0.590. The summed E-state index contributed by atoms with van der Waals surface area (Å²) in [6.07, 6.45) is 3.31. The zero-order chi connectivity index (χ0) is 12.5. The first-order valence-corrected chi connectivity index (χ1v) is 7.52. The molecular weight excluding hydrogens is 228 g/mol. The van der Waals surface area contributed by atoms with Crippen molar-refractivity contribution < 1.29 is 0 Å². The van der Waals surface area contributed by atoms with E-state index in [-0.39, 0.29) is 0 Å². The van der Waals surface area contributed by atoms with E-state index in [1.54, 1.807) is 0 Å². The van der Waals surface area contributed by atoms with Gasteiger partial charge in [-0.1, -0.05) is 32.0 Å². The number of benzene rings is 1. The van der Waals surface area contributed by atoms with Crippen molar-refractivity contribution in [1.29, 1.82) is 0 Å². The molecule has 0 radical (unpaired) electrons. The van der Waals surface area contributed by atoms with E-state index in [2.05, 4.69) is 55.0 Å². The van der Waals surface area contributed by atoms with E-state index in [9.17, 15) is 0 Å². The number of rotatable bonds is 8. The van der Waals surface area contributed by atoms with Gasteiger partial charge in [0.2, 0.25) is 0 Å². The zero-order valence-electron chi connectivity index (χ0n) is 11.1. The summed E-state index contributed by atoms with van der Waals surface area (Å²) in [7, 11) is 0. The fraction of sp³-hybridized carbons (Fsp3) is 0.571. The van der Waals surface area contributed by atoms with Crippen molar-refractivity contribution in [1.82, 2.24) is 10.6 Å². The molecule has 0 aliphatic carbocycles. The molecule has 17 heavy (non-hydrogen) atoms. The highest BCUT2D eigenvalue weighted by atomic mass is 32.2. The van der Waals surface area contributed by atoms with Crippen LogP contribution in [0.2, 0.25) is 0 Å². The smallest absolute Gasteiger partial charge is 0.0216 e. The number of nitrogens with one attached hydrogen (secondary N) is 2. The molecule has 0 aliphatic rings. The molecule has 0 saturated heterocycles. The summed E-state index contributed by atoms with van der Waals surface area (Å²) >= 11 is 1.82. The minimum Gasteiger partial charge on any atom is -0.314 e. The maximum atomic E-state index is 3.50. The SMILES string of the molecule is CSc1ccccc1CNCCCNC(C)C. The fourth-order valence-corrected chi connectivity index (χ4v) is 2.29. The Hall–Kier alpha value is -0.510. The summed E-state index contributed by atoms with van der Waals surface area (Å²) in [5.74, 6) is 0. The average molecular weight is 252 g/mol. The van der Waals surface area contributed by atoms with Crippen LogP contribution in [0, 0.1) is 0 Å². The molecule has 0 amide bonds. The molecule has 0 spiro atoms. The van der Waals surface area contributed by atoms with Crippen molar-refractivity contribution in [3.8, 4) is 0 Å². The molecule has 0 aliphatic heterocycles. The molecule has 1 aromatic rings. The van der Waals surface area contributed by atoms with Gasteiger partial charge in [0.15, 0.2) is 0 Å². The van der Waals surface area contributed by atoms with E-state index in [4.69, 9.17) is 0 Å². The largest absolute Gasteiger partial charge is 0.314 e. The lowest BCUT2D eigenvalue weighted by Crippen LogP contribution is -2.26. The van der Waals surface area contributed by atoms with Crippen molar-refractivity contribution >= 4 is 11.8 Å². The molecule has 0 saturated carbocycles. The Labute approximate surface area is 110 Å². The van der Waals surface area contributed by atoms with Crippen LogP contribution in [0.1, 0.15) is 25.8 Å². The Morgan fingerprint density at radius 1 is 1.18 bits per heavy atom. The molecule has 2 N–H and O–H groups in total. The lowest BCUT2D eigenvalue weighted by Gasteiger charge is -2.10. The van der Waals surface area contributed by atoms with Gasteiger partial charge in [0.25, 0.3) is 0 Å². The van der Waals surface area contributed by atoms with Gasteiger partial charge in [-0.2, -0.15) is 0 Å². The average Bonchev–Trinajstić information content (AvgIpc) is 2.33. The van der Waals surface area contributed by atoms with Crippen LogP contribution in [0.5, 0.6) is 0 Å². The molecule has 0 bridgehead atoms. The second-order valence-corrected chi connectivity index (χ2v) is 5.30. The molecule has 0 heterocycles. The van der Waals surface area contributed by atoms with Gasteiger partial charge in [-0.3, -0.25) is 0 Å². The van der Waals surface area contributed by atoms with E-state index in [0.717, 1.165) is 19.6 Å². The van der Waals surface area contributed by atoms with E-state index >= 15 is 0 Å².